The SMILES string of the molecule is COc1ccccc1-c1cc(-c2ccc(Br)cc2)n(-c2ccccc2)n1. The smallest absolute Gasteiger partial charge is 0.128 e. The molecule has 0 aliphatic carbocycles. The van der Waals surface area contributed by atoms with Gasteiger partial charge in [0.2, 0.25) is 0 Å². The van der Waals surface area contributed by atoms with Gasteiger partial charge in [0.25, 0.3) is 0 Å². The molecule has 0 saturated heterocycles. The molecule has 0 aliphatic rings. The lowest BCUT2D eigenvalue weighted by molar-refractivity contribution is 0.416. The van der Waals surface area contributed by atoms with Gasteiger partial charge < -0.3 is 4.74 Å². The largest absolute Gasteiger partial charge is 0.496 e. The van der Waals surface area contributed by atoms with Crippen molar-refractivity contribution in [2.45, 2.75) is 0 Å². The number of methoxy groups -OCH3 is 1. The molecule has 1 heterocycles. The molecule has 4 heteroatoms. The van der Waals surface area contributed by atoms with E-state index in [0.717, 1.165) is 38.4 Å². The number of hydrogen-bond donors (Lipinski definition) is 0. The Morgan fingerprint density at radius 2 is 1.54 bits per heavy atom. The van der Waals surface area contributed by atoms with E-state index in [4.69, 9.17) is 9.84 Å². The minimum atomic E-state index is 0.813. The highest BCUT2D eigenvalue weighted by molar-refractivity contribution is 9.10. The van der Waals surface area contributed by atoms with Gasteiger partial charge >= 0.3 is 0 Å². The van der Waals surface area contributed by atoms with E-state index >= 15 is 0 Å². The predicted molar refractivity (Wildman–Crippen MR) is 109 cm³/mol. The molecule has 3 aromatic carbocycles. The Hall–Kier alpha value is -2.85. The third kappa shape index (κ3) is 3.16. The summed E-state index contributed by atoms with van der Waals surface area (Å²) < 4.78 is 8.55. The molecule has 0 unspecified atom stereocenters. The number of para-hydroxylation sites is 2. The highest BCUT2D eigenvalue weighted by Crippen LogP contribution is 2.33. The molecule has 0 bridgehead atoms. The van der Waals surface area contributed by atoms with Gasteiger partial charge in [0.1, 0.15) is 5.75 Å². The topological polar surface area (TPSA) is 27.1 Å². The Labute approximate surface area is 161 Å². The first-order valence-electron chi connectivity index (χ1n) is 8.31. The first kappa shape index (κ1) is 16.6. The van der Waals surface area contributed by atoms with Crippen LogP contribution in [0, 0.1) is 0 Å². The first-order chi connectivity index (χ1) is 12.8. The van der Waals surface area contributed by atoms with Crippen LogP contribution >= 0.6 is 15.9 Å². The second-order valence-corrected chi connectivity index (χ2v) is 6.79. The van der Waals surface area contributed by atoms with E-state index in [2.05, 4.69) is 46.3 Å². The summed E-state index contributed by atoms with van der Waals surface area (Å²) in [5.74, 6) is 0.813. The number of halogens is 1. The van der Waals surface area contributed by atoms with Crippen molar-refractivity contribution in [3.8, 4) is 34.0 Å². The lowest BCUT2D eigenvalue weighted by atomic mass is 10.1. The summed E-state index contributed by atoms with van der Waals surface area (Å²) in [4.78, 5) is 0. The summed E-state index contributed by atoms with van der Waals surface area (Å²) in [6, 6.07) is 28.5. The molecule has 0 atom stereocenters. The summed E-state index contributed by atoms with van der Waals surface area (Å²) in [7, 11) is 1.68. The number of aromatic nitrogens is 2. The van der Waals surface area contributed by atoms with Crippen LogP contribution in [-0.4, -0.2) is 16.9 Å². The fourth-order valence-corrected chi connectivity index (χ4v) is 3.23. The normalized spacial score (nSPS) is 10.7. The van der Waals surface area contributed by atoms with E-state index in [1.54, 1.807) is 7.11 Å². The van der Waals surface area contributed by atoms with Gasteiger partial charge in [0.15, 0.2) is 0 Å². The predicted octanol–water partition coefficient (Wildman–Crippen LogP) is 5.98. The Balaban J connectivity index is 1.92. The zero-order valence-corrected chi connectivity index (χ0v) is 15.8. The van der Waals surface area contributed by atoms with E-state index in [0.29, 0.717) is 0 Å². The Kier molecular flexibility index (Phi) is 4.59. The number of rotatable bonds is 4. The van der Waals surface area contributed by atoms with Gasteiger partial charge in [-0.3, -0.25) is 0 Å². The van der Waals surface area contributed by atoms with Gasteiger partial charge in [0.05, 0.1) is 24.2 Å². The van der Waals surface area contributed by atoms with E-state index in [1.807, 2.05) is 59.3 Å². The molecular weight excluding hydrogens is 388 g/mol. The zero-order chi connectivity index (χ0) is 17.9. The summed E-state index contributed by atoms with van der Waals surface area (Å²) in [5.41, 5.74) is 5.01. The number of hydrogen-bond acceptors (Lipinski definition) is 2. The lowest BCUT2D eigenvalue weighted by Gasteiger charge is -2.07. The van der Waals surface area contributed by atoms with Crippen molar-refractivity contribution in [1.29, 1.82) is 0 Å². The fraction of sp³-hybridized carbons (Fsp3) is 0.0455. The summed E-state index contributed by atoms with van der Waals surface area (Å²) >= 11 is 3.50. The Morgan fingerprint density at radius 1 is 0.846 bits per heavy atom. The molecule has 3 nitrogen and oxygen atoms in total. The van der Waals surface area contributed by atoms with Gasteiger partial charge in [0, 0.05) is 15.6 Å². The van der Waals surface area contributed by atoms with Crippen molar-refractivity contribution in [2.24, 2.45) is 0 Å². The van der Waals surface area contributed by atoms with Crippen LogP contribution in [0.25, 0.3) is 28.2 Å². The summed E-state index contributed by atoms with van der Waals surface area (Å²) in [5, 5.41) is 4.88. The Morgan fingerprint density at radius 3 is 2.27 bits per heavy atom. The number of ether oxygens (including phenoxy) is 1. The van der Waals surface area contributed by atoms with Gasteiger partial charge in [-0.15, -0.1) is 0 Å². The van der Waals surface area contributed by atoms with E-state index in [1.165, 1.54) is 0 Å². The second kappa shape index (κ2) is 7.18. The zero-order valence-electron chi connectivity index (χ0n) is 14.3. The highest BCUT2D eigenvalue weighted by Gasteiger charge is 2.15. The maximum absolute atomic E-state index is 5.52. The molecule has 0 radical (unpaired) electrons. The van der Waals surface area contributed by atoms with Crippen molar-refractivity contribution in [1.82, 2.24) is 9.78 Å². The minimum absolute atomic E-state index is 0.813. The number of nitrogens with zero attached hydrogens (tertiary/aromatic N) is 2. The van der Waals surface area contributed by atoms with E-state index in [-0.39, 0.29) is 0 Å². The van der Waals surface area contributed by atoms with Crippen LogP contribution in [0.1, 0.15) is 0 Å². The second-order valence-electron chi connectivity index (χ2n) is 5.87. The van der Waals surface area contributed by atoms with Crippen LogP contribution in [0.15, 0.2) is 89.4 Å². The average Bonchev–Trinajstić information content (AvgIpc) is 3.14. The molecule has 128 valence electrons. The van der Waals surface area contributed by atoms with Crippen LogP contribution in [0.5, 0.6) is 5.75 Å². The van der Waals surface area contributed by atoms with Crippen LogP contribution in [0.3, 0.4) is 0 Å². The molecule has 0 fully saturated rings. The molecule has 0 spiro atoms. The maximum Gasteiger partial charge on any atom is 0.128 e. The molecule has 1 aromatic heterocycles. The van der Waals surface area contributed by atoms with Gasteiger partial charge in [-0.2, -0.15) is 5.10 Å². The van der Waals surface area contributed by atoms with Crippen molar-refractivity contribution in [3.63, 3.8) is 0 Å². The molecule has 4 rings (SSSR count). The first-order valence-corrected chi connectivity index (χ1v) is 9.10. The summed E-state index contributed by atoms with van der Waals surface area (Å²) in [6.45, 7) is 0. The fourth-order valence-electron chi connectivity index (χ4n) is 2.96. The lowest BCUT2D eigenvalue weighted by Crippen LogP contribution is -1.99. The Bertz CT molecular complexity index is 1020. The van der Waals surface area contributed by atoms with Crippen LogP contribution < -0.4 is 4.74 Å². The van der Waals surface area contributed by atoms with Crippen LogP contribution in [0.4, 0.5) is 0 Å². The van der Waals surface area contributed by atoms with Gasteiger partial charge in [-0.1, -0.05) is 58.4 Å². The molecule has 0 N–H and O–H groups in total. The maximum atomic E-state index is 5.52. The molecule has 0 amide bonds. The monoisotopic (exact) mass is 404 g/mol. The molecule has 0 aliphatic heterocycles. The van der Waals surface area contributed by atoms with Crippen molar-refractivity contribution < 1.29 is 4.74 Å². The van der Waals surface area contributed by atoms with Crippen molar-refractivity contribution >= 4 is 15.9 Å². The quantitative estimate of drug-likeness (QED) is 0.418. The van der Waals surface area contributed by atoms with E-state index in [9.17, 15) is 0 Å². The van der Waals surface area contributed by atoms with Crippen molar-refractivity contribution in [2.75, 3.05) is 7.11 Å². The van der Waals surface area contributed by atoms with Crippen LogP contribution in [0.2, 0.25) is 0 Å². The standard InChI is InChI=1S/C22H17BrN2O/c1-26-22-10-6-5-9-19(22)20-15-21(16-11-13-17(23)14-12-16)25(24-20)18-7-3-2-4-8-18/h2-15H,1H3. The molecular formula is C22H17BrN2O. The minimum Gasteiger partial charge on any atom is -0.496 e. The van der Waals surface area contributed by atoms with Gasteiger partial charge in [-0.25, -0.2) is 4.68 Å². The average molecular weight is 405 g/mol. The molecule has 0 saturated carbocycles. The van der Waals surface area contributed by atoms with Crippen molar-refractivity contribution in [3.05, 3.63) is 89.4 Å². The highest BCUT2D eigenvalue weighted by atomic mass is 79.9. The van der Waals surface area contributed by atoms with Gasteiger partial charge in [-0.05, 0) is 42.5 Å². The third-order valence-electron chi connectivity index (χ3n) is 4.23. The molecule has 4 aromatic rings. The summed E-state index contributed by atoms with van der Waals surface area (Å²) in [6.07, 6.45) is 0. The number of benzene rings is 3. The van der Waals surface area contributed by atoms with E-state index < -0.39 is 0 Å². The van der Waals surface area contributed by atoms with Crippen LogP contribution in [-0.2, 0) is 0 Å². The molecule has 26 heavy (non-hydrogen) atoms. The third-order valence-corrected chi connectivity index (χ3v) is 4.76.